The Morgan fingerprint density at radius 2 is 1.84 bits per heavy atom. The number of para-hydroxylation sites is 1. The van der Waals surface area contributed by atoms with Gasteiger partial charge in [-0.15, -0.1) is 22.7 Å². The molecule has 0 spiro atoms. The van der Waals surface area contributed by atoms with Crippen LogP contribution in [0.4, 0.5) is 10.7 Å². The Hall–Kier alpha value is -2.15. The highest BCUT2D eigenvalue weighted by Gasteiger charge is 2.34. The van der Waals surface area contributed by atoms with Crippen LogP contribution in [-0.4, -0.2) is 11.8 Å². The number of halogens is 1. The Bertz CT molecular complexity index is 1110. The number of thiophene rings is 2. The summed E-state index contributed by atoms with van der Waals surface area (Å²) < 4.78 is 0. The maximum absolute atomic E-state index is 13.4. The summed E-state index contributed by atoms with van der Waals surface area (Å²) >= 11 is 9.17. The van der Waals surface area contributed by atoms with Crippen LogP contribution in [0.15, 0.2) is 41.8 Å². The van der Waals surface area contributed by atoms with Gasteiger partial charge in [0, 0.05) is 4.88 Å². The van der Waals surface area contributed by atoms with Gasteiger partial charge in [0.2, 0.25) is 0 Å². The Balaban J connectivity index is 1.69. The van der Waals surface area contributed by atoms with Crippen LogP contribution in [0.5, 0.6) is 0 Å². The van der Waals surface area contributed by atoms with E-state index in [0.29, 0.717) is 32.1 Å². The van der Waals surface area contributed by atoms with Crippen molar-refractivity contribution in [2.75, 3.05) is 10.6 Å². The average molecular weight is 473 g/mol. The molecule has 4 nitrogen and oxygen atoms in total. The monoisotopic (exact) mass is 472 g/mol. The molecule has 2 heterocycles. The minimum Gasteiger partial charge on any atom is -0.321 e. The molecular formula is C24H25ClN2O2S2. The number of benzene rings is 1. The number of rotatable bonds is 4. The predicted molar refractivity (Wildman–Crippen MR) is 131 cm³/mol. The van der Waals surface area contributed by atoms with E-state index in [2.05, 4.69) is 31.4 Å². The van der Waals surface area contributed by atoms with Gasteiger partial charge in [-0.05, 0) is 59.7 Å². The molecule has 1 atom stereocenters. The minimum atomic E-state index is -0.235. The van der Waals surface area contributed by atoms with Gasteiger partial charge in [0.15, 0.2) is 0 Å². The first-order valence-electron chi connectivity index (χ1n) is 10.3. The van der Waals surface area contributed by atoms with Gasteiger partial charge in [-0.3, -0.25) is 9.59 Å². The van der Waals surface area contributed by atoms with Crippen LogP contribution in [0.1, 0.15) is 57.7 Å². The Morgan fingerprint density at radius 1 is 1.06 bits per heavy atom. The molecule has 1 aliphatic carbocycles. The Morgan fingerprint density at radius 3 is 2.52 bits per heavy atom. The van der Waals surface area contributed by atoms with E-state index in [1.54, 1.807) is 18.2 Å². The van der Waals surface area contributed by atoms with E-state index >= 15 is 0 Å². The largest absolute Gasteiger partial charge is 0.321 e. The highest BCUT2D eigenvalue weighted by atomic mass is 35.5. The van der Waals surface area contributed by atoms with Crippen LogP contribution in [-0.2, 0) is 12.8 Å². The van der Waals surface area contributed by atoms with Crippen molar-refractivity contribution in [3.8, 4) is 0 Å². The van der Waals surface area contributed by atoms with Crippen LogP contribution in [0.25, 0.3) is 0 Å². The lowest BCUT2D eigenvalue weighted by molar-refractivity contribution is 0.102. The van der Waals surface area contributed by atoms with E-state index in [1.165, 1.54) is 27.6 Å². The van der Waals surface area contributed by atoms with Gasteiger partial charge in [0.1, 0.15) is 5.00 Å². The third-order valence-electron chi connectivity index (χ3n) is 5.81. The summed E-state index contributed by atoms with van der Waals surface area (Å²) in [5, 5.41) is 8.91. The summed E-state index contributed by atoms with van der Waals surface area (Å²) in [6.07, 6.45) is 2.77. The summed E-state index contributed by atoms with van der Waals surface area (Å²) in [5.41, 5.74) is 2.38. The van der Waals surface area contributed by atoms with Gasteiger partial charge in [-0.1, -0.05) is 50.6 Å². The molecule has 7 heteroatoms. The summed E-state index contributed by atoms with van der Waals surface area (Å²) in [6, 6.07) is 10.8. The van der Waals surface area contributed by atoms with Gasteiger partial charge in [0.25, 0.3) is 11.8 Å². The normalized spacial score (nSPS) is 15.9. The summed E-state index contributed by atoms with van der Waals surface area (Å²) in [5.74, 6) is 0.119. The molecule has 0 bridgehead atoms. The summed E-state index contributed by atoms with van der Waals surface area (Å²) in [4.78, 5) is 27.9. The fraction of sp³-hybridized carbons (Fsp3) is 0.333. The maximum Gasteiger partial charge on any atom is 0.266 e. The number of fused-ring (bicyclic) bond motifs is 1. The van der Waals surface area contributed by atoms with E-state index in [9.17, 15) is 9.59 Å². The topological polar surface area (TPSA) is 58.2 Å². The molecule has 1 aliphatic rings. The molecule has 4 rings (SSSR count). The fourth-order valence-corrected chi connectivity index (χ4v) is 6.10. The molecule has 3 aromatic rings. The lowest BCUT2D eigenvalue weighted by Gasteiger charge is -2.33. The van der Waals surface area contributed by atoms with Crippen molar-refractivity contribution in [3.63, 3.8) is 0 Å². The quantitative estimate of drug-likeness (QED) is 0.424. The molecule has 1 aromatic carbocycles. The van der Waals surface area contributed by atoms with E-state index in [4.69, 9.17) is 11.6 Å². The van der Waals surface area contributed by atoms with E-state index in [0.717, 1.165) is 24.8 Å². The van der Waals surface area contributed by atoms with Crippen molar-refractivity contribution in [1.29, 1.82) is 0 Å². The van der Waals surface area contributed by atoms with Crippen molar-refractivity contribution >= 4 is 56.8 Å². The minimum absolute atomic E-state index is 0.187. The van der Waals surface area contributed by atoms with Gasteiger partial charge in [-0.25, -0.2) is 0 Å². The van der Waals surface area contributed by atoms with Gasteiger partial charge < -0.3 is 10.6 Å². The van der Waals surface area contributed by atoms with E-state index < -0.39 is 0 Å². The number of amides is 2. The lowest BCUT2D eigenvalue weighted by atomic mass is 9.72. The Kier molecular flexibility index (Phi) is 6.24. The standard InChI is InChI=1S/C24H25ClN2O2S2/c1-24(2,3)14-10-11-15-19(13-14)31-23(27-21(28)18-9-6-12-30-18)20(15)22(29)26-17-8-5-4-7-16(17)25/h4-9,12,14H,10-11,13H2,1-3H3,(H,26,29)(H,27,28). The van der Waals surface area contributed by atoms with Crippen molar-refractivity contribution < 1.29 is 9.59 Å². The van der Waals surface area contributed by atoms with Crippen LogP contribution < -0.4 is 10.6 Å². The van der Waals surface area contributed by atoms with E-state index in [-0.39, 0.29) is 17.2 Å². The molecule has 0 saturated heterocycles. The molecular weight excluding hydrogens is 448 g/mol. The molecule has 0 radical (unpaired) electrons. The van der Waals surface area contributed by atoms with E-state index in [1.807, 2.05) is 23.6 Å². The second kappa shape index (κ2) is 8.77. The molecule has 1 unspecified atom stereocenters. The average Bonchev–Trinajstić information content (AvgIpc) is 3.36. The number of anilines is 2. The summed E-state index contributed by atoms with van der Waals surface area (Å²) in [7, 11) is 0. The van der Waals surface area contributed by atoms with Gasteiger partial charge in [-0.2, -0.15) is 0 Å². The van der Waals surface area contributed by atoms with Crippen molar-refractivity contribution in [1.82, 2.24) is 0 Å². The van der Waals surface area contributed by atoms with Gasteiger partial charge in [0.05, 0.1) is 21.2 Å². The first-order valence-corrected chi connectivity index (χ1v) is 12.4. The number of hydrogen-bond donors (Lipinski definition) is 2. The number of hydrogen-bond acceptors (Lipinski definition) is 4. The van der Waals surface area contributed by atoms with Crippen LogP contribution >= 0.6 is 34.3 Å². The molecule has 2 aromatic heterocycles. The first-order chi connectivity index (χ1) is 14.7. The SMILES string of the molecule is CC(C)(C)C1CCc2c(sc(NC(=O)c3cccs3)c2C(=O)Nc2ccccc2Cl)C1. The van der Waals surface area contributed by atoms with Gasteiger partial charge >= 0.3 is 0 Å². The second-order valence-corrected chi connectivity index (χ2v) is 11.3. The second-order valence-electron chi connectivity index (χ2n) is 8.88. The van der Waals surface area contributed by atoms with Crippen LogP contribution in [0.2, 0.25) is 5.02 Å². The fourth-order valence-electron chi connectivity index (χ4n) is 3.97. The summed E-state index contributed by atoms with van der Waals surface area (Å²) in [6.45, 7) is 6.79. The molecule has 31 heavy (non-hydrogen) atoms. The highest BCUT2D eigenvalue weighted by molar-refractivity contribution is 7.17. The van der Waals surface area contributed by atoms with Crippen molar-refractivity contribution in [2.45, 2.75) is 40.0 Å². The third kappa shape index (κ3) is 4.71. The molecule has 0 aliphatic heterocycles. The molecule has 0 fully saturated rings. The molecule has 162 valence electrons. The zero-order valence-electron chi connectivity index (χ0n) is 17.8. The third-order valence-corrected chi connectivity index (χ3v) is 8.18. The van der Waals surface area contributed by atoms with Crippen molar-refractivity contribution in [3.05, 3.63) is 67.7 Å². The smallest absolute Gasteiger partial charge is 0.266 e. The first kappa shape index (κ1) is 22.1. The molecule has 2 amide bonds. The van der Waals surface area contributed by atoms with Crippen LogP contribution in [0, 0.1) is 11.3 Å². The number of carbonyl (C=O) groups excluding carboxylic acids is 2. The zero-order chi connectivity index (χ0) is 22.2. The zero-order valence-corrected chi connectivity index (χ0v) is 20.1. The Labute approximate surface area is 195 Å². The molecule has 0 saturated carbocycles. The van der Waals surface area contributed by atoms with Crippen molar-refractivity contribution in [2.24, 2.45) is 11.3 Å². The lowest BCUT2D eigenvalue weighted by Crippen LogP contribution is -2.27. The maximum atomic E-state index is 13.4. The number of nitrogens with one attached hydrogen (secondary N) is 2. The predicted octanol–water partition coefficient (Wildman–Crippen LogP) is 7.12. The number of carbonyl (C=O) groups is 2. The molecule has 2 N–H and O–H groups in total. The highest BCUT2D eigenvalue weighted by Crippen LogP contribution is 2.44. The van der Waals surface area contributed by atoms with Crippen LogP contribution in [0.3, 0.4) is 0 Å².